The number of non-ortho nitro benzene ring substituents is 1. The van der Waals surface area contributed by atoms with E-state index in [0.717, 1.165) is 9.87 Å². The fraction of sp³-hybridized carbons (Fsp3) is 0.310. The Kier molecular flexibility index (Phi) is 10.4. The summed E-state index contributed by atoms with van der Waals surface area (Å²) < 4.78 is 28.4. The summed E-state index contributed by atoms with van der Waals surface area (Å²) in [5.74, 6) is -0.713. The van der Waals surface area contributed by atoms with Crippen LogP contribution >= 0.6 is 0 Å². The molecule has 0 spiro atoms. The smallest absolute Gasteiger partial charge is 0.269 e. The number of amides is 2. The van der Waals surface area contributed by atoms with Gasteiger partial charge in [-0.15, -0.1) is 0 Å². The number of nitrogens with zero attached hydrogens (tertiary/aromatic N) is 3. The van der Waals surface area contributed by atoms with Crippen LogP contribution in [0.3, 0.4) is 0 Å². The Labute approximate surface area is 234 Å². The Morgan fingerprint density at radius 2 is 1.50 bits per heavy atom. The second-order valence-corrected chi connectivity index (χ2v) is 11.5. The number of hydrogen-bond acceptors (Lipinski definition) is 6. The van der Waals surface area contributed by atoms with Gasteiger partial charge in [-0.05, 0) is 42.2 Å². The highest BCUT2D eigenvalue weighted by Crippen LogP contribution is 2.26. The van der Waals surface area contributed by atoms with Gasteiger partial charge in [-0.1, -0.05) is 69.3 Å². The van der Waals surface area contributed by atoms with E-state index in [9.17, 15) is 28.1 Å². The van der Waals surface area contributed by atoms with Crippen molar-refractivity contribution < 1.29 is 22.9 Å². The van der Waals surface area contributed by atoms with Gasteiger partial charge in [0.15, 0.2) is 0 Å². The number of anilines is 1. The average molecular weight is 567 g/mol. The Balaban J connectivity index is 2.04. The molecule has 212 valence electrons. The quantitative estimate of drug-likeness (QED) is 0.242. The Hall–Kier alpha value is -4.25. The maximum absolute atomic E-state index is 14.0. The molecule has 0 heterocycles. The Morgan fingerprint density at radius 1 is 0.925 bits per heavy atom. The molecule has 1 atom stereocenters. The summed E-state index contributed by atoms with van der Waals surface area (Å²) in [6, 6.07) is 20.9. The highest BCUT2D eigenvalue weighted by atomic mass is 32.2. The van der Waals surface area contributed by atoms with Gasteiger partial charge in [-0.2, -0.15) is 0 Å². The maximum atomic E-state index is 14.0. The van der Waals surface area contributed by atoms with Crippen molar-refractivity contribution in [2.75, 3.05) is 17.4 Å². The molecule has 0 saturated carbocycles. The Bertz CT molecular complexity index is 1400. The van der Waals surface area contributed by atoms with E-state index in [1.807, 2.05) is 44.2 Å². The molecule has 0 bridgehead atoms. The predicted molar refractivity (Wildman–Crippen MR) is 153 cm³/mol. The van der Waals surface area contributed by atoms with E-state index < -0.39 is 33.4 Å². The van der Waals surface area contributed by atoms with Crippen molar-refractivity contribution in [2.45, 2.75) is 44.7 Å². The van der Waals surface area contributed by atoms with Crippen molar-refractivity contribution in [2.24, 2.45) is 5.92 Å². The van der Waals surface area contributed by atoms with E-state index in [4.69, 9.17) is 0 Å². The van der Waals surface area contributed by atoms with Crippen LogP contribution in [0.1, 0.15) is 32.8 Å². The third-order valence-corrected chi connectivity index (χ3v) is 8.01. The fourth-order valence-electron chi connectivity index (χ4n) is 4.11. The van der Waals surface area contributed by atoms with Gasteiger partial charge in [0.25, 0.3) is 15.7 Å². The second kappa shape index (κ2) is 13.7. The molecule has 0 aliphatic rings. The fourth-order valence-corrected chi connectivity index (χ4v) is 5.55. The van der Waals surface area contributed by atoms with Crippen molar-refractivity contribution in [1.82, 2.24) is 10.2 Å². The molecule has 0 aromatic heterocycles. The summed E-state index contributed by atoms with van der Waals surface area (Å²) in [6.07, 6.45) is 0.311. The third kappa shape index (κ3) is 7.66. The van der Waals surface area contributed by atoms with Gasteiger partial charge in [-0.3, -0.25) is 24.0 Å². The summed E-state index contributed by atoms with van der Waals surface area (Å²) in [4.78, 5) is 39.1. The zero-order valence-corrected chi connectivity index (χ0v) is 23.6. The predicted octanol–water partition coefficient (Wildman–Crippen LogP) is 4.37. The monoisotopic (exact) mass is 566 g/mol. The molecule has 0 radical (unpaired) electrons. The van der Waals surface area contributed by atoms with Crippen LogP contribution in [0.2, 0.25) is 0 Å². The van der Waals surface area contributed by atoms with Crippen molar-refractivity contribution in [3.63, 3.8) is 0 Å². The lowest BCUT2D eigenvalue weighted by Crippen LogP contribution is -2.52. The van der Waals surface area contributed by atoms with Crippen molar-refractivity contribution in [1.29, 1.82) is 0 Å². The van der Waals surface area contributed by atoms with Crippen molar-refractivity contribution >= 4 is 33.2 Å². The Morgan fingerprint density at radius 3 is 2.02 bits per heavy atom. The van der Waals surface area contributed by atoms with Crippen molar-refractivity contribution in [3.05, 3.63) is 101 Å². The second-order valence-electron chi connectivity index (χ2n) is 9.67. The molecule has 3 aromatic rings. The highest BCUT2D eigenvalue weighted by molar-refractivity contribution is 7.92. The zero-order valence-electron chi connectivity index (χ0n) is 22.8. The van der Waals surface area contributed by atoms with Crippen LogP contribution in [0.25, 0.3) is 0 Å². The number of hydrogen-bond donors (Lipinski definition) is 1. The average Bonchev–Trinajstić information content (AvgIpc) is 2.95. The van der Waals surface area contributed by atoms with Crippen LogP contribution in [0, 0.1) is 16.0 Å². The zero-order chi connectivity index (χ0) is 29.3. The number of carbonyl (C=O) groups excluding carboxylic acids is 2. The first-order valence-corrected chi connectivity index (χ1v) is 14.4. The van der Waals surface area contributed by atoms with Gasteiger partial charge in [-0.25, -0.2) is 8.42 Å². The van der Waals surface area contributed by atoms with Crippen LogP contribution in [0.15, 0.2) is 89.8 Å². The molecule has 11 heteroatoms. The maximum Gasteiger partial charge on any atom is 0.269 e. The van der Waals surface area contributed by atoms with Gasteiger partial charge in [0, 0.05) is 25.2 Å². The summed E-state index contributed by atoms with van der Waals surface area (Å²) in [6.45, 7) is 5.62. The molecular formula is C29H34N4O6S. The minimum atomic E-state index is -4.25. The van der Waals surface area contributed by atoms with Gasteiger partial charge >= 0.3 is 0 Å². The van der Waals surface area contributed by atoms with Crippen LogP contribution in [0.5, 0.6) is 0 Å². The molecule has 0 aliphatic heterocycles. The highest BCUT2D eigenvalue weighted by Gasteiger charge is 2.33. The third-order valence-electron chi connectivity index (χ3n) is 6.22. The van der Waals surface area contributed by atoms with E-state index in [-0.39, 0.29) is 34.6 Å². The van der Waals surface area contributed by atoms with E-state index in [1.165, 1.54) is 41.3 Å². The van der Waals surface area contributed by atoms with Gasteiger partial charge < -0.3 is 10.2 Å². The molecular weight excluding hydrogens is 532 g/mol. The summed E-state index contributed by atoms with van der Waals surface area (Å²) in [7, 11) is -4.25. The molecule has 10 nitrogen and oxygen atoms in total. The first-order chi connectivity index (χ1) is 19.0. The van der Waals surface area contributed by atoms with Gasteiger partial charge in [0.05, 0.1) is 15.5 Å². The normalized spacial score (nSPS) is 12.0. The first-order valence-electron chi connectivity index (χ1n) is 13.0. The molecule has 3 aromatic carbocycles. The number of nitro groups is 1. The van der Waals surface area contributed by atoms with E-state index in [0.29, 0.717) is 13.0 Å². The number of sulfonamides is 1. The topological polar surface area (TPSA) is 130 Å². The van der Waals surface area contributed by atoms with Gasteiger partial charge in [0.1, 0.15) is 12.6 Å². The molecule has 1 N–H and O–H groups in total. The lowest BCUT2D eigenvalue weighted by atomic mass is 10.1. The SMILES string of the molecule is CC[C@H](C(=O)NCC(C)C)N(Cc1ccccc1)C(=O)CN(c1ccc([N+](=O)[O-])cc1)S(=O)(=O)c1ccccc1. The largest absolute Gasteiger partial charge is 0.354 e. The lowest BCUT2D eigenvalue weighted by molar-refractivity contribution is -0.384. The van der Waals surface area contributed by atoms with Crippen LogP contribution in [-0.2, 0) is 26.2 Å². The number of carbonyl (C=O) groups is 2. The van der Waals surface area contributed by atoms with E-state index >= 15 is 0 Å². The van der Waals surface area contributed by atoms with Crippen molar-refractivity contribution in [3.8, 4) is 0 Å². The number of nitrogens with one attached hydrogen (secondary N) is 1. The minimum Gasteiger partial charge on any atom is -0.354 e. The number of rotatable bonds is 13. The standard InChI is InChI=1S/C29H34N4O6S/c1-4-27(29(35)30-19-22(2)3)31(20-23-11-7-5-8-12-23)28(34)21-32(24-15-17-25(18-16-24)33(36)37)40(38,39)26-13-9-6-10-14-26/h5-18,22,27H,4,19-21H2,1-3H3,(H,30,35)/t27-/m1/s1. The molecule has 0 unspecified atom stereocenters. The van der Waals surface area contributed by atoms with Gasteiger partial charge in [0.2, 0.25) is 11.8 Å². The van der Waals surface area contributed by atoms with Crippen LogP contribution in [-0.4, -0.2) is 49.2 Å². The number of nitro benzene ring substituents is 1. The van der Waals surface area contributed by atoms with Crippen LogP contribution < -0.4 is 9.62 Å². The first kappa shape index (κ1) is 30.3. The van der Waals surface area contributed by atoms with E-state index in [2.05, 4.69) is 5.32 Å². The minimum absolute atomic E-state index is 0.0440. The lowest BCUT2D eigenvalue weighted by Gasteiger charge is -2.33. The summed E-state index contributed by atoms with van der Waals surface area (Å²) in [5.41, 5.74) is 0.643. The number of benzene rings is 3. The summed E-state index contributed by atoms with van der Waals surface area (Å²) in [5, 5.41) is 14.1. The molecule has 3 rings (SSSR count). The molecule has 2 amide bonds. The summed E-state index contributed by atoms with van der Waals surface area (Å²) >= 11 is 0. The molecule has 0 fully saturated rings. The van der Waals surface area contributed by atoms with Crippen LogP contribution in [0.4, 0.5) is 11.4 Å². The molecule has 0 aliphatic carbocycles. The molecule has 40 heavy (non-hydrogen) atoms. The van der Waals surface area contributed by atoms with E-state index in [1.54, 1.807) is 25.1 Å². The molecule has 0 saturated heterocycles.